The molecule has 2 aromatic rings. The summed E-state index contributed by atoms with van der Waals surface area (Å²) >= 11 is 13.7. The van der Waals surface area contributed by atoms with Gasteiger partial charge in [0, 0.05) is 11.3 Å². The summed E-state index contributed by atoms with van der Waals surface area (Å²) in [6.07, 6.45) is 1.21. The van der Waals surface area contributed by atoms with Gasteiger partial charge in [0.1, 0.15) is 5.75 Å². The number of hydrogen-bond acceptors (Lipinski definition) is 3. The Morgan fingerprint density at radius 2 is 1.91 bits per heavy atom. The molecule has 0 saturated heterocycles. The first-order chi connectivity index (χ1) is 11.1. The molecule has 0 aliphatic rings. The van der Waals surface area contributed by atoms with Crippen LogP contribution in [0.5, 0.6) is 5.75 Å². The normalized spacial score (nSPS) is 10.4. The van der Waals surface area contributed by atoms with Crippen LogP contribution in [0.15, 0.2) is 47.4 Å². The monoisotopic (exact) mass is 369 g/mol. The Kier molecular flexibility index (Phi) is 7.09. The summed E-state index contributed by atoms with van der Waals surface area (Å²) in [5.74, 6) is 1.64. The van der Waals surface area contributed by atoms with Crippen molar-refractivity contribution in [3.8, 4) is 5.75 Å². The number of carbonyl (C=O) groups excluding carboxylic acids is 1. The SMILES string of the molecule is COc1ccc(SCCCC(=O)Nc2cccc(Cl)c2Cl)cc1. The number of carbonyl (C=O) groups is 1. The second kappa shape index (κ2) is 9.06. The molecule has 23 heavy (non-hydrogen) atoms. The first kappa shape index (κ1) is 18.0. The molecule has 122 valence electrons. The average Bonchev–Trinajstić information content (AvgIpc) is 2.56. The highest BCUT2D eigenvalue weighted by Gasteiger charge is 2.08. The van der Waals surface area contributed by atoms with E-state index >= 15 is 0 Å². The molecule has 0 aliphatic heterocycles. The van der Waals surface area contributed by atoms with Gasteiger partial charge in [0.15, 0.2) is 0 Å². The third kappa shape index (κ3) is 5.65. The van der Waals surface area contributed by atoms with E-state index in [-0.39, 0.29) is 5.91 Å². The summed E-state index contributed by atoms with van der Waals surface area (Å²) < 4.78 is 5.12. The van der Waals surface area contributed by atoms with Gasteiger partial charge < -0.3 is 10.1 Å². The van der Waals surface area contributed by atoms with Crippen LogP contribution in [-0.4, -0.2) is 18.8 Å². The average molecular weight is 370 g/mol. The van der Waals surface area contributed by atoms with E-state index in [2.05, 4.69) is 5.32 Å². The fourth-order valence-corrected chi connectivity index (χ4v) is 3.11. The summed E-state index contributed by atoms with van der Waals surface area (Å²) in [5.41, 5.74) is 0.548. The zero-order valence-electron chi connectivity index (χ0n) is 12.6. The fraction of sp³-hybridized carbons (Fsp3) is 0.235. The Bertz CT molecular complexity index is 662. The molecule has 0 fully saturated rings. The van der Waals surface area contributed by atoms with Gasteiger partial charge in [-0.25, -0.2) is 0 Å². The molecule has 3 nitrogen and oxygen atoms in total. The maximum absolute atomic E-state index is 11.9. The van der Waals surface area contributed by atoms with Crippen LogP contribution >= 0.6 is 35.0 Å². The van der Waals surface area contributed by atoms with E-state index < -0.39 is 0 Å². The van der Waals surface area contributed by atoms with Crippen LogP contribution in [0.3, 0.4) is 0 Å². The molecule has 0 spiro atoms. The number of thioether (sulfide) groups is 1. The smallest absolute Gasteiger partial charge is 0.224 e. The van der Waals surface area contributed by atoms with Crippen molar-refractivity contribution in [2.75, 3.05) is 18.2 Å². The number of rotatable bonds is 7. The van der Waals surface area contributed by atoms with Crippen molar-refractivity contribution in [1.82, 2.24) is 0 Å². The van der Waals surface area contributed by atoms with Gasteiger partial charge in [0.25, 0.3) is 0 Å². The molecule has 6 heteroatoms. The minimum Gasteiger partial charge on any atom is -0.497 e. The van der Waals surface area contributed by atoms with E-state index in [0.29, 0.717) is 22.2 Å². The van der Waals surface area contributed by atoms with Crippen LogP contribution in [0.4, 0.5) is 5.69 Å². The lowest BCUT2D eigenvalue weighted by atomic mass is 10.3. The highest BCUT2D eigenvalue weighted by Crippen LogP contribution is 2.29. The second-order valence-electron chi connectivity index (χ2n) is 4.78. The highest BCUT2D eigenvalue weighted by atomic mass is 35.5. The molecule has 0 bridgehead atoms. The van der Waals surface area contributed by atoms with Crippen molar-refractivity contribution in [3.63, 3.8) is 0 Å². The van der Waals surface area contributed by atoms with Crippen molar-refractivity contribution in [3.05, 3.63) is 52.5 Å². The summed E-state index contributed by atoms with van der Waals surface area (Å²) in [7, 11) is 1.65. The maximum atomic E-state index is 11.9. The minimum absolute atomic E-state index is 0.0653. The number of methoxy groups -OCH3 is 1. The lowest BCUT2D eigenvalue weighted by Crippen LogP contribution is -2.11. The third-order valence-corrected chi connectivity index (χ3v) is 5.02. The topological polar surface area (TPSA) is 38.3 Å². The van der Waals surface area contributed by atoms with Gasteiger partial charge in [-0.1, -0.05) is 29.3 Å². The van der Waals surface area contributed by atoms with Crippen LogP contribution < -0.4 is 10.1 Å². The van der Waals surface area contributed by atoms with Crippen molar-refractivity contribution >= 4 is 46.6 Å². The lowest BCUT2D eigenvalue weighted by Gasteiger charge is -2.08. The molecule has 0 saturated carbocycles. The van der Waals surface area contributed by atoms with Crippen LogP contribution in [0.1, 0.15) is 12.8 Å². The number of ether oxygens (including phenoxy) is 1. The molecule has 1 amide bonds. The van der Waals surface area contributed by atoms with Gasteiger partial charge in [0.2, 0.25) is 5.91 Å². The highest BCUT2D eigenvalue weighted by molar-refractivity contribution is 7.99. The van der Waals surface area contributed by atoms with Gasteiger partial charge >= 0.3 is 0 Å². The predicted molar refractivity (Wildman–Crippen MR) is 98.0 cm³/mol. The summed E-state index contributed by atoms with van der Waals surface area (Å²) in [5, 5.41) is 3.58. The number of benzene rings is 2. The number of nitrogens with one attached hydrogen (secondary N) is 1. The van der Waals surface area contributed by atoms with E-state index in [0.717, 1.165) is 22.8 Å². The first-order valence-corrected chi connectivity index (χ1v) is 8.85. The number of amides is 1. The molecule has 2 rings (SSSR count). The van der Waals surface area contributed by atoms with Crippen molar-refractivity contribution in [2.24, 2.45) is 0 Å². The number of hydrogen-bond donors (Lipinski definition) is 1. The van der Waals surface area contributed by atoms with Crippen LogP contribution in [0.25, 0.3) is 0 Å². The van der Waals surface area contributed by atoms with Gasteiger partial charge in [-0.3, -0.25) is 4.79 Å². The molecular weight excluding hydrogens is 353 g/mol. The number of anilines is 1. The molecule has 0 unspecified atom stereocenters. The van der Waals surface area contributed by atoms with Crippen LogP contribution in [0.2, 0.25) is 10.0 Å². The van der Waals surface area contributed by atoms with Crippen molar-refractivity contribution < 1.29 is 9.53 Å². The second-order valence-corrected chi connectivity index (χ2v) is 6.73. The Balaban J connectivity index is 1.73. The van der Waals surface area contributed by atoms with Gasteiger partial charge in [-0.2, -0.15) is 0 Å². The standard InChI is InChI=1S/C17H17Cl2NO2S/c1-22-12-7-9-13(10-8-12)23-11-3-6-16(21)20-15-5-2-4-14(18)17(15)19/h2,4-5,7-10H,3,6,11H2,1H3,(H,20,21). The zero-order chi connectivity index (χ0) is 16.7. The van der Waals surface area contributed by atoms with Crippen LogP contribution in [-0.2, 0) is 4.79 Å². The predicted octanol–water partition coefficient (Wildman–Crippen LogP) is 5.51. The summed E-state index contributed by atoms with van der Waals surface area (Å²) in [6.45, 7) is 0. The van der Waals surface area contributed by atoms with E-state index in [1.54, 1.807) is 37.1 Å². The van der Waals surface area contributed by atoms with E-state index in [1.165, 1.54) is 0 Å². The molecule has 0 aliphatic carbocycles. The largest absolute Gasteiger partial charge is 0.497 e. The Labute approximate surface area is 150 Å². The lowest BCUT2D eigenvalue weighted by molar-refractivity contribution is -0.116. The first-order valence-electron chi connectivity index (χ1n) is 7.11. The van der Waals surface area contributed by atoms with E-state index in [9.17, 15) is 4.79 Å². The molecule has 0 heterocycles. The van der Waals surface area contributed by atoms with Crippen molar-refractivity contribution in [1.29, 1.82) is 0 Å². The molecule has 1 N–H and O–H groups in total. The van der Waals surface area contributed by atoms with Gasteiger partial charge in [-0.15, -0.1) is 11.8 Å². The number of halogens is 2. The summed E-state index contributed by atoms with van der Waals surface area (Å²) in [6, 6.07) is 13.0. The molecule has 2 aromatic carbocycles. The van der Waals surface area contributed by atoms with E-state index in [1.807, 2.05) is 24.3 Å². The Morgan fingerprint density at radius 1 is 1.17 bits per heavy atom. The minimum atomic E-state index is -0.0653. The van der Waals surface area contributed by atoms with Gasteiger partial charge in [-0.05, 0) is 48.6 Å². The molecule has 0 atom stereocenters. The summed E-state index contributed by atoms with van der Waals surface area (Å²) in [4.78, 5) is 13.1. The zero-order valence-corrected chi connectivity index (χ0v) is 15.0. The quantitative estimate of drug-likeness (QED) is 0.516. The van der Waals surface area contributed by atoms with E-state index in [4.69, 9.17) is 27.9 Å². The maximum Gasteiger partial charge on any atom is 0.224 e. The molecule has 0 radical (unpaired) electrons. The Hall–Kier alpha value is -1.36. The van der Waals surface area contributed by atoms with Crippen molar-refractivity contribution in [2.45, 2.75) is 17.7 Å². The third-order valence-electron chi connectivity index (χ3n) is 3.10. The molecule has 0 aromatic heterocycles. The van der Waals surface area contributed by atoms with Gasteiger partial charge in [0.05, 0.1) is 22.8 Å². The Morgan fingerprint density at radius 3 is 2.61 bits per heavy atom. The van der Waals surface area contributed by atoms with Crippen LogP contribution in [0, 0.1) is 0 Å². The fourth-order valence-electron chi connectivity index (χ4n) is 1.91. The molecular formula is C17H17Cl2NO2S.